The molecule has 3 unspecified atom stereocenters. The number of amides is 1. The highest BCUT2D eigenvalue weighted by atomic mass is 35.5. The first-order chi connectivity index (χ1) is 9.20. The van der Waals surface area contributed by atoms with Crippen LogP contribution in [0.3, 0.4) is 0 Å². The fourth-order valence-corrected chi connectivity index (χ4v) is 3.46. The van der Waals surface area contributed by atoms with Crippen molar-refractivity contribution in [3.8, 4) is 0 Å². The fraction of sp³-hybridized carbons (Fsp3) is 0.938. The normalized spacial score (nSPS) is 28.1. The quantitative estimate of drug-likeness (QED) is 0.790. The molecule has 118 valence electrons. The Kier molecular flexibility index (Phi) is 7.90. The number of carbonyl (C=O) groups excluding carboxylic acids is 1. The van der Waals surface area contributed by atoms with Crippen molar-refractivity contribution in [1.82, 2.24) is 5.32 Å². The van der Waals surface area contributed by atoms with Crippen LogP contribution in [0, 0.1) is 11.8 Å². The number of rotatable bonds is 6. The molecule has 0 aromatic heterocycles. The maximum Gasteiger partial charge on any atom is 0.223 e. The van der Waals surface area contributed by atoms with Crippen LogP contribution in [-0.4, -0.2) is 18.0 Å². The van der Waals surface area contributed by atoms with E-state index in [0.29, 0.717) is 6.04 Å². The van der Waals surface area contributed by atoms with E-state index in [9.17, 15) is 4.79 Å². The second-order valence-electron chi connectivity index (χ2n) is 6.57. The summed E-state index contributed by atoms with van der Waals surface area (Å²) in [5, 5.41) is 3.35. The molecule has 0 saturated heterocycles. The average Bonchev–Trinajstić information content (AvgIpc) is 2.33. The Hall–Kier alpha value is -0.280. The summed E-state index contributed by atoms with van der Waals surface area (Å²) < 4.78 is 0. The number of hydrogen-bond acceptors (Lipinski definition) is 2. The van der Waals surface area contributed by atoms with Crippen LogP contribution >= 0.6 is 12.4 Å². The smallest absolute Gasteiger partial charge is 0.223 e. The third kappa shape index (κ3) is 4.92. The summed E-state index contributed by atoms with van der Waals surface area (Å²) >= 11 is 0. The van der Waals surface area contributed by atoms with Crippen LogP contribution in [0.4, 0.5) is 0 Å². The number of unbranched alkanes of at least 4 members (excludes halogenated alkanes) is 1. The van der Waals surface area contributed by atoms with Crippen molar-refractivity contribution in [2.45, 2.75) is 83.2 Å². The summed E-state index contributed by atoms with van der Waals surface area (Å²) in [5.41, 5.74) is 5.99. The molecule has 0 aromatic rings. The first-order valence-corrected chi connectivity index (χ1v) is 8.26. The van der Waals surface area contributed by atoms with Gasteiger partial charge in [-0.1, -0.05) is 32.6 Å². The van der Waals surface area contributed by atoms with Gasteiger partial charge in [-0.3, -0.25) is 4.79 Å². The molecular formula is C16H31ClN2O. The lowest BCUT2D eigenvalue weighted by atomic mass is 9.77. The Morgan fingerprint density at radius 2 is 1.95 bits per heavy atom. The van der Waals surface area contributed by atoms with Crippen LogP contribution in [0.15, 0.2) is 0 Å². The summed E-state index contributed by atoms with van der Waals surface area (Å²) in [7, 11) is 0. The fourth-order valence-electron chi connectivity index (χ4n) is 3.46. The van der Waals surface area contributed by atoms with Gasteiger partial charge in [0.1, 0.15) is 0 Å². The molecule has 3 nitrogen and oxygen atoms in total. The lowest BCUT2D eigenvalue weighted by molar-refractivity contribution is -0.127. The van der Waals surface area contributed by atoms with Crippen LogP contribution in [0.2, 0.25) is 0 Å². The second-order valence-corrected chi connectivity index (χ2v) is 6.57. The molecule has 2 fully saturated rings. The predicted octanol–water partition coefficient (Wildman–Crippen LogP) is 3.40. The van der Waals surface area contributed by atoms with Gasteiger partial charge in [0.25, 0.3) is 0 Å². The van der Waals surface area contributed by atoms with E-state index in [-0.39, 0.29) is 30.3 Å². The van der Waals surface area contributed by atoms with E-state index in [1.807, 2.05) is 0 Å². The highest BCUT2D eigenvalue weighted by Gasteiger charge is 2.31. The SMILES string of the molecule is CCCCC(NC(=O)C1CCCC(N)C1)C1CCC1.Cl. The van der Waals surface area contributed by atoms with Crippen molar-refractivity contribution < 1.29 is 4.79 Å². The summed E-state index contributed by atoms with van der Waals surface area (Å²) in [6, 6.07) is 0.668. The van der Waals surface area contributed by atoms with E-state index in [0.717, 1.165) is 38.0 Å². The highest BCUT2D eigenvalue weighted by Crippen LogP contribution is 2.32. The van der Waals surface area contributed by atoms with Crippen LogP contribution in [0.25, 0.3) is 0 Å². The maximum atomic E-state index is 12.4. The molecule has 0 bridgehead atoms. The molecule has 2 rings (SSSR count). The number of nitrogens with two attached hydrogens (primary N) is 1. The van der Waals surface area contributed by atoms with E-state index in [2.05, 4.69) is 12.2 Å². The summed E-state index contributed by atoms with van der Waals surface area (Å²) in [4.78, 5) is 12.4. The standard InChI is InChI=1S/C16H30N2O.ClH/c1-2-3-10-15(12-6-4-7-12)18-16(19)13-8-5-9-14(17)11-13;/h12-15H,2-11,17H2,1H3,(H,18,19);1H. The summed E-state index contributed by atoms with van der Waals surface area (Å²) in [6.45, 7) is 2.22. The van der Waals surface area contributed by atoms with Crippen molar-refractivity contribution in [2.75, 3.05) is 0 Å². The minimum atomic E-state index is 0. The van der Waals surface area contributed by atoms with Gasteiger partial charge >= 0.3 is 0 Å². The van der Waals surface area contributed by atoms with Crippen LogP contribution < -0.4 is 11.1 Å². The lowest BCUT2D eigenvalue weighted by Crippen LogP contribution is -2.46. The minimum absolute atomic E-state index is 0. The molecule has 3 atom stereocenters. The van der Waals surface area contributed by atoms with Gasteiger partial charge in [0, 0.05) is 18.0 Å². The Balaban J connectivity index is 0.00000200. The maximum absolute atomic E-state index is 12.4. The average molecular weight is 303 g/mol. The van der Waals surface area contributed by atoms with Gasteiger partial charge in [0.15, 0.2) is 0 Å². The van der Waals surface area contributed by atoms with Crippen LogP contribution in [0.1, 0.15) is 71.1 Å². The monoisotopic (exact) mass is 302 g/mol. The molecule has 4 heteroatoms. The van der Waals surface area contributed by atoms with Gasteiger partial charge in [0.05, 0.1) is 0 Å². The largest absolute Gasteiger partial charge is 0.353 e. The molecule has 20 heavy (non-hydrogen) atoms. The van der Waals surface area contributed by atoms with Gasteiger partial charge in [-0.05, 0) is 44.4 Å². The summed E-state index contributed by atoms with van der Waals surface area (Å²) in [5.74, 6) is 1.20. The van der Waals surface area contributed by atoms with Crippen molar-refractivity contribution >= 4 is 18.3 Å². The van der Waals surface area contributed by atoms with Crippen molar-refractivity contribution in [2.24, 2.45) is 17.6 Å². The first kappa shape index (κ1) is 17.8. The summed E-state index contributed by atoms with van der Waals surface area (Å²) in [6.07, 6.45) is 11.7. The lowest BCUT2D eigenvalue weighted by Gasteiger charge is -2.36. The molecule has 1 amide bonds. The zero-order valence-corrected chi connectivity index (χ0v) is 13.6. The zero-order chi connectivity index (χ0) is 13.7. The Morgan fingerprint density at radius 1 is 1.25 bits per heavy atom. The molecule has 2 saturated carbocycles. The number of nitrogens with one attached hydrogen (secondary N) is 1. The van der Waals surface area contributed by atoms with Gasteiger partial charge in [-0.15, -0.1) is 12.4 Å². The first-order valence-electron chi connectivity index (χ1n) is 8.26. The molecular weight excluding hydrogens is 272 g/mol. The Morgan fingerprint density at radius 3 is 2.50 bits per heavy atom. The van der Waals surface area contributed by atoms with Crippen LogP contribution in [0.5, 0.6) is 0 Å². The van der Waals surface area contributed by atoms with Gasteiger partial charge in [-0.2, -0.15) is 0 Å². The molecule has 3 N–H and O–H groups in total. The molecule has 0 heterocycles. The third-order valence-electron chi connectivity index (χ3n) is 5.00. The molecule has 0 spiro atoms. The molecule has 0 aromatic carbocycles. The number of carbonyl (C=O) groups is 1. The van der Waals surface area contributed by atoms with Crippen molar-refractivity contribution in [3.05, 3.63) is 0 Å². The van der Waals surface area contributed by atoms with Crippen molar-refractivity contribution in [3.63, 3.8) is 0 Å². The predicted molar refractivity (Wildman–Crippen MR) is 86.0 cm³/mol. The molecule has 2 aliphatic rings. The van der Waals surface area contributed by atoms with Gasteiger partial charge < -0.3 is 11.1 Å². The molecule has 2 aliphatic carbocycles. The minimum Gasteiger partial charge on any atom is -0.353 e. The van der Waals surface area contributed by atoms with E-state index in [1.54, 1.807) is 0 Å². The van der Waals surface area contributed by atoms with E-state index < -0.39 is 0 Å². The van der Waals surface area contributed by atoms with Crippen LogP contribution in [-0.2, 0) is 4.79 Å². The van der Waals surface area contributed by atoms with Crippen molar-refractivity contribution in [1.29, 1.82) is 0 Å². The Bertz CT molecular complexity index is 294. The Labute approximate surface area is 129 Å². The zero-order valence-electron chi connectivity index (χ0n) is 12.8. The van der Waals surface area contributed by atoms with Gasteiger partial charge in [-0.25, -0.2) is 0 Å². The second kappa shape index (κ2) is 8.89. The van der Waals surface area contributed by atoms with E-state index in [1.165, 1.54) is 32.1 Å². The molecule has 0 radical (unpaired) electrons. The molecule has 0 aliphatic heterocycles. The van der Waals surface area contributed by atoms with E-state index >= 15 is 0 Å². The topological polar surface area (TPSA) is 55.1 Å². The van der Waals surface area contributed by atoms with E-state index in [4.69, 9.17) is 5.73 Å². The number of hydrogen-bond donors (Lipinski definition) is 2. The third-order valence-corrected chi connectivity index (χ3v) is 5.00. The number of halogens is 1. The van der Waals surface area contributed by atoms with Gasteiger partial charge in [0.2, 0.25) is 5.91 Å². The highest BCUT2D eigenvalue weighted by molar-refractivity contribution is 5.85.